The SMILES string of the molecule is COc1ccc2ccccc2c1/C=N/n1cnnc1SCc1ccc(C)cc1. The number of methoxy groups -OCH3 is 1. The molecule has 0 bridgehead atoms. The predicted octanol–water partition coefficient (Wildman–Crippen LogP) is 4.92. The van der Waals surface area contributed by atoms with E-state index in [1.54, 1.807) is 36.1 Å². The summed E-state index contributed by atoms with van der Waals surface area (Å²) in [5.74, 6) is 1.59. The molecule has 1 aromatic heterocycles. The van der Waals surface area contributed by atoms with Crippen LogP contribution in [0, 0.1) is 6.92 Å². The number of fused-ring (bicyclic) bond motifs is 1. The van der Waals surface area contributed by atoms with Crippen molar-refractivity contribution in [2.45, 2.75) is 17.8 Å². The van der Waals surface area contributed by atoms with Crippen LogP contribution in [-0.4, -0.2) is 28.2 Å². The van der Waals surface area contributed by atoms with Crippen LogP contribution in [0.5, 0.6) is 5.75 Å². The third-order valence-electron chi connectivity index (χ3n) is 4.45. The van der Waals surface area contributed by atoms with Gasteiger partial charge in [-0.1, -0.05) is 71.9 Å². The summed E-state index contributed by atoms with van der Waals surface area (Å²) < 4.78 is 7.23. The van der Waals surface area contributed by atoms with Crippen LogP contribution >= 0.6 is 11.8 Å². The van der Waals surface area contributed by atoms with E-state index in [0.29, 0.717) is 0 Å². The summed E-state index contributed by atoms with van der Waals surface area (Å²) in [5, 5.41) is 15.8. The summed E-state index contributed by atoms with van der Waals surface area (Å²) in [6.07, 6.45) is 3.42. The number of hydrogen-bond donors (Lipinski definition) is 0. The van der Waals surface area contributed by atoms with Crippen molar-refractivity contribution in [3.05, 3.63) is 83.7 Å². The molecule has 0 saturated carbocycles. The first-order valence-corrected chi connectivity index (χ1v) is 9.91. The monoisotopic (exact) mass is 388 g/mol. The van der Waals surface area contributed by atoms with E-state index in [9.17, 15) is 0 Å². The van der Waals surface area contributed by atoms with Crippen LogP contribution < -0.4 is 4.74 Å². The predicted molar refractivity (Wildman–Crippen MR) is 114 cm³/mol. The van der Waals surface area contributed by atoms with Crippen LogP contribution in [0.1, 0.15) is 16.7 Å². The molecule has 4 rings (SSSR count). The van der Waals surface area contributed by atoms with Crippen molar-refractivity contribution in [1.82, 2.24) is 14.9 Å². The van der Waals surface area contributed by atoms with Crippen molar-refractivity contribution in [1.29, 1.82) is 0 Å². The highest BCUT2D eigenvalue weighted by atomic mass is 32.2. The Hall–Kier alpha value is -3.12. The van der Waals surface area contributed by atoms with Gasteiger partial charge in [0.15, 0.2) is 0 Å². The minimum absolute atomic E-state index is 0.746. The van der Waals surface area contributed by atoms with Gasteiger partial charge >= 0.3 is 0 Å². The number of aryl methyl sites for hydroxylation is 1. The Morgan fingerprint density at radius 1 is 1.07 bits per heavy atom. The van der Waals surface area contributed by atoms with E-state index < -0.39 is 0 Å². The lowest BCUT2D eigenvalue weighted by atomic mass is 10.0. The Morgan fingerprint density at radius 2 is 1.89 bits per heavy atom. The van der Waals surface area contributed by atoms with Crippen LogP contribution in [0.3, 0.4) is 0 Å². The lowest BCUT2D eigenvalue weighted by Gasteiger charge is -2.08. The Kier molecular flexibility index (Phi) is 5.39. The molecule has 0 aliphatic rings. The number of aromatic nitrogens is 3. The molecule has 0 N–H and O–H groups in total. The zero-order chi connectivity index (χ0) is 19.3. The van der Waals surface area contributed by atoms with Crippen LogP contribution in [-0.2, 0) is 5.75 Å². The van der Waals surface area contributed by atoms with Crippen molar-refractivity contribution >= 4 is 28.7 Å². The fourth-order valence-corrected chi connectivity index (χ4v) is 3.75. The lowest BCUT2D eigenvalue weighted by Crippen LogP contribution is -1.96. The summed E-state index contributed by atoms with van der Waals surface area (Å²) in [4.78, 5) is 0. The fourth-order valence-electron chi connectivity index (χ4n) is 2.93. The average Bonchev–Trinajstić information content (AvgIpc) is 3.18. The van der Waals surface area contributed by atoms with E-state index in [1.807, 2.05) is 24.3 Å². The standard InChI is InChI=1S/C22H20N4OS/c1-16-7-9-17(10-8-16)14-28-22-25-23-15-26(22)24-13-20-19-6-4-3-5-18(19)11-12-21(20)27-2/h3-13,15H,14H2,1-2H3/b24-13+. The summed E-state index contributed by atoms with van der Waals surface area (Å²) in [7, 11) is 1.67. The molecular formula is C22H20N4OS. The van der Waals surface area contributed by atoms with Gasteiger partial charge in [-0.05, 0) is 29.3 Å². The Morgan fingerprint density at radius 3 is 2.71 bits per heavy atom. The fraction of sp³-hybridized carbons (Fsp3) is 0.136. The van der Waals surface area contributed by atoms with Gasteiger partial charge < -0.3 is 4.74 Å². The molecule has 0 amide bonds. The first-order chi connectivity index (χ1) is 13.7. The topological polar surface area (TPSA) is 52.3 Å². The summed E-state index contributed by atoms with van der Waals surface area (Å²) in [5.41, 5.74) is 3.43. The molecule has 0 unspecified atom stereocenters. The van der Waals surface area contributed by atoms with E-state index in [1.165, 1.54) is 11.1 Å². The molecule has 28 heavy (non-hydrogen) atoms. The quantitative estimate of drug-likeness (QED) is 0.347. The van der Waals surface area contributed by atoms with Crippen molar-refractivity contribution in [3.8, 4) is 5.75 Å². The van der Waals surface area contributed by atoms with E-state index in [0.717, 1.165) is 33.0 Å². The molecule has 3 aromatic carbocycles. The molecule has 0 saturated heterocycles. The maximum Gasteiger partial charge on any atom is 0.212 e. The smallest absolute Gasteiger partial charge is 0.212 e. The summed E-state index contributed by atoms with van der Waals surface area (Å²) in [6.45, 7) is 2.09. The molecule has 4 aromatic rings. The minimum Gasteiger partial charge on any atom is -0.496 e. The van der Waals surface area contributed by atoms with Crippen LogP contribution in [0.25, 0.3) is 10.8 Å². The van der Waals surface area contributed by atoms with Crippen LogP contribution in [0.4, 0.5) is 0 Å². The Bertz CT molecular complexity index is 1120. The van der Waals surface area contributed by atoms with Gasteiger partial charge in [0, 0.05) is 11.3 Å². The number of ether oxygens (including phenoxy) is 1. The second-order valence-electron chi connectivity index (χ2n) is 6.38. The Balaban J connectivity index is 1.59. The van der Waals surface area contributed by atoms with Crippen molar-refractivity contribution in [2.75, 3.05) is 7.11 Å². The lowest BCUT2D eigenvalue weighted by molar-refractivity contribution is 0.415. The highest BCUT2D eigenvalue weighted by molar-refractivity contribution is 7.98. The summed E-state index contributed by atoms with van der Waals surface area (Å²) >= 11 is 1.61. The number of thioether (sulfide) groups is 1. The summed E-state index contributed by atoms with van der Waals surface area (Å²) in [6, 6.07) is 20.7. The van der Waals surface area contributed by atoms with Gasteiger partial charge in [-0.2, -0.15) is 9.78 Å². The first kappa shape index (κ1) is 18.3. The normalized spacial score (nSPS) is 11.4. The zero-order valence-corrected chi connectivity index (χ0v) is 16.6. The van der Waals surface area contributed by atoms with E-state index in [4.69, 9.17) is 4.74 Å². The minimum atomic E-state index is 0.746. The van der Waals surface area contributed by atoms with Gasteiger partial charge in [-0.25, -0.2) is 0 Å². The van der Waals surface area contributed by atoms with Gasteiger partial charge in [-0.15, -0.1) is 10.2 Å². The van der Waals surface area contributed by atoms with E-state index >= 15 is 0 Å². The van der Waals surface area contributed by atoms with Gasteiger partial charge in [0.05, 0.1) is 13.3 Å². The molecular weight excluding hydrogens is 368 g/mol. The number of rotatable bonds is 6. The average molecular weight is 388 g/mol. The Labute approximate surface area is 168 Å². The molecule has 0 fully saturated rings. The molecule has 5 nitrogen and oxygen atoms in total. The number of hydrogen-bond acceptors (Lipinski definition) is 5. The van der Waals surface area contributed by atoms with Gasteiger partial charge in [-0.3, -0.25) is 0 Å². The molecule has 0 atom stereocenters. The number of benzene rings is 3. The number of nitrogens with zero attached hydrogens (tertiary/aromatic N) is 4. The van der Waals surface area contributed by atoms with Crippen LogP contribution in [0.2, 0.25) is 0 Å². The van der Waals surface area contributed by atoms with Gasteiger partial charge in [0.1, 0.15) is 12.1 Å². The van der Waals surface area contributed by atoms with Gasteiger partial charge in [0.25, 0.3) is 0 Å². The first-order valence-electron chi connectivity index (χ1n) is 8.93. The van der Waals surface area contributed by atoms with Crippen molar-refractivity contribution in [2.24, 2.45) is 5.10 Å². The molecule has 0 aliphatic carbocycles. The third kappa shape index (κ3) is 3.92. The van der Waals surface area contributed by atoms with E-state index in [2.05, 4.69) is 58.6 Å². The molecule has 6 heteroatoms. The van der Waals surface area contributed by atoms with Crippen molar-refractivity contribution in [3.63, 3.8) is 0 Å². The largest absolute Gasteiger partial charge is 0.496 e. The zero-order valence-electron chi connectivity index (χ0n) is 15.7. The second-order valence-corrected chi connectivity index (χ2v) is 7.32. The highest BCUT2D eigenvalue weighted by Crippen LogP contribution is 2.27. The van der Waals surface area contributed by atoms with Crippen LogP contribution in [0.15, 0.2) is 77.2 Å². The van der Waals surface area contributed by atoms with E-state index in [-0.39, 0.29) is 0 Å². The third-order valence-corrected chi connectivity index (χ3v) is 5.46. The molecule has 0 aliphatic heterocycles. The van der Waals surface area contributed by atoms with Crippen molar-refractivity contribution < 1.29 is 4.74 Å². The molecule has 140 valence electrons. The second kappa shape index (κ2) is 8.27. The molecule has 0 radical (unpaired) electrons. The maximum atomic E-state index is 5.53. The molecule has 0 spiro atoms. The molecule has 1 heterocycles. The maximum absolute atomic E-state index is 5.53. The van der Waals surface area contributed by atoms with Gasteiger partial charge in [0.2, 0.25) is 5.16 Å². The highest BCUT2D eigenvalue weighted by Gasteiger charge is 2.08.